The number of sulfonamides is 1. The van der Waals surface area contributed by atoms with Crippen LogP contribution < -0.4 is 10.0 Å². The second-order valence-electron chi connectivity index (χ2n) is 3.85. The molecule has 1 aromatic heterocycles. The van der Waals surface area contributed by atoms with E-state index in [2.05, 4.69) is 31.0 Å². The molecule has 5 nitrogen and oxygen atoms in total. The number of hydrogen-bond acceptors (Lipinski definition) is 4. The monoisotopic (exact) mass is 321 g/mol. The Morgan fingerprint density at radius 1 is 1.35 bits per heavy atom. The van der Waals surface area contributed by atoms with Gasteiger partial charge < -0.3 is 5.32 Å². The highest BCUT2D eigenvalue weighted by atomic mass is 79.9. The van der Waals surface area contributed by atoms with Gasteiger partial charge in [0.25, 0.3) is 0 Å². The van der Waals surface area contributed by atoms with Gasteiger partial charge in [-0.05, 0) is 22.0 Å². The molecule has 0 unspecified atom stereocenters. The lowest BCUT2D eigenvalue weighted by Crippen LogP contribution is -2.34. The van der Waals surface area contributed by atoms with Crippen LogP contribution in [-0.4, -0.2) is 32.5 Å². The molecule has 0 radical (unpaired) electrons. The summed E-state index contributed by atoms with van der Waals surface area (Å²) in [7, 11) is -3.46. The van der Waals surface area contributed by atoms with Gasteiger partial charge in [-0.2, -0.15) is 0 Å². The van der Waals surface area contributed by atoms with Gasteiger partial charge in [0.15, 0.2) is 0 Å². The zero-order valence-electron chi connectivity index (χ0n) is 9.77. The van der Waals surface area contributed by atoms with Crippen LogP contribution in [0.3, 0.4) is 0 Å². The topological polar surface area (TPSA) is 71.1 Å². The van der Waals surface area contributed by atoms with Crippen LogP contribution in [0.5, 0.6) is 0 Å². The van der Waals surface area contributed by atoms with Gasteiger partial charge in [0.2, 0.25) is 10.0 Å². The molecule has 0 amide bonds. The molecule has 0 bridgehead atoms. The van der Waals surface area contributed by atoms with Crippen LogP contribution in [0.2, 0.25) is 0 Å². The Bertz CT molecular complexity index is 462. The van der Waals surface area contributed by atoms with Crippen molar-refractivity contribution in [2.75, 3.05) is 13.1 Å². The summed E-state index contributed by atoms with van der Waals surface area (Å²) in [4.78, 5) is 3.99. The molecule has 0 aliphatic carbocycles. The van der Waals surface area contributed by atoms with Crippen LogP contribution in [0, 0.1) is 0 Å². The van der Waals surface area contributed by atoms with E-state index in [0.717, 1.165) is 0 Å². The summed E-state index contributed by atoms with van der Waals surface area (Å²) in [6.07, 6.45) is 2.86. The number of rotatable bonds is 6. The molecular formula is C10H16BrN3O2S. The third kappa shape index (κ3) is 5.12. The van der Waals surface area contributed by atoms with E-state index in [0.29, 0.717) is 23.6 Å². The molecule has 17 heavy (non-hydrogen) atoms. The van der Waals surface area contributed by atoms with E-state index in [-0.39, 0.29) is 4.90 Å². The molecule has 0 atom stereocenters. The first-order chi connectivity index (χ1) is 7.92. The molecule has 1 aromatic rings. The summed E-state index contributed by atoms with van der Waals surface area (Å²) in [6, 6.07) is 1.86. The van der Waals surface area contributed by atoms with Crippen LogP contribution in [0.4, 0.5) is 0 Å². The zero-order valence-corrected chi connectivity index (χ0v) is 12.2. The molecule has 2 N–H and O–H groups in total. The Morgan fingerprint density at radius 3 is 2.65 bits per heavy atom. The Labute approximate surface area is 110 Å². The van der Waals surface area contributed by atoms with E-state index in [9.17, 15) is 8.42 Å². The van der Waals surface area contributed by atoms with Crippen LogP contribution in [0.15, 0.2) is 27.8 Å². The fourth-order valence-corrected chi connectivity index (χ4v) is 2.70. The molecule has 0 fully saturated rings. The number of halogens is 1. The Balaban J connectivity index is 2.57. The van der Waals surface area contributed by atoms with Gasteiger partial charge in [-0.15, -0.1) is 0 Å². The predicted molar refractivity (Wildman–Crippen MR) is 70.3 cm³/mol. The molecule has 0 aliphatic rings. The first kappa shape index (κ1) is 14.6. The van der Waals surface area contributed by atoms with E-state index in [4.69, 9.17) is 0 Å². The molecule has 7 heteroatoms. The van der Waals surface area contributed by atoms with Crippen molar-refractivity contribution in [3.63, 3.8) is 0 Å². The minimum absolute atomic E-state index is 0.163. The summed E-state index contributed by atoms with van der Waals surface area (Å²) in [6.45, 7) is 4.96. The summed E-state index contributed by atoms with van der Waals surface area (Å²) >= 11 is 3.19. The second kappa shape index (κ2) is 6.44. The molecule has 96 valence electrons. The molecule has 0 aromatic carbocycles. The third-order valence-electron chi connectivity index (χ3n) is 1.96. The van der Waals surface area contributed by atoms with Gasteiger partial charge in [0.05, 0.1) is 0 Å². The lowest BCUT2D eigenvalue weighted by atomic mass is 10.4. The zero-order chi connectivity index (χ0) is 12.9. The number of nitrogens with one attached hydrogen (secondary N) is 2. The summed E-state index contributed by atoms with van der Waals surface area (Å²) in [5.74, 6) is 0. The average molecular weight is 322 g/mol. The highest BCUT2D eigenvalue weighted by molar-refractivity contribution is 9.10. The van der Waals surface area contributed by atoms with Crippen molar-refractivity contribution < 1.29 is 8.42 Å². The molecule has 1 rings (SSSR count). The van der Waals surface area contributed by atoms with Gasteiger partial charge in [-0.25, -0.2) is 13.1 Å². The van der Waals surface area contributed by atoms with Gasteiger partial charge in [0.1, 0.15) is 4.90 Å². The van der Waals surface area contributed by atoms with Crippen LogP contribution in [0.1, 0.15) is 13.8 Å². The van der Waals surface area contributed by atoms with Crippen molar-refractivity contribution in [2.24, 2.45) is 0 Å². The average Bonchev–Trinajstić information content (AvgIpc) is 2.24. The SMILES string of the molecule is CC(C)NCCNS(=O)(=O)c1cncc(Br)c1. The van der Waals surface area contributed by atoms with Gasteiger partial charge >= 0.3 is 0 Å². The van der Waals surface area contributed by atoms with Gasteiger partial charge in [0, 0.05) is 36.0 Å². The maximum Gasteiger partial charge on any atom is 0.242 e. The quantitative estimate of drug-likeness (QED) is 0.770. The summed E-state index contributed by atoms with van der Waals surface area (Å²) < 4.78 is 26.8. The number of aromatic nitrogens is 1. The Hall–Kier alpha value is -0.500. The maximum atomic E-state index is 11.8. The van der Waals surface area contributed by atoms with E-state index in [1.807, 2.05) is 13.8 Å². The lowest BCUT2D eigenvalue weighted by molar-refractivity contribution is 0.559. The lowest BCUT2D eigenvalue weighted by Gasteiger charge is -2.09. The summed E-state index contributed by atoms with van der Waals surface area (Å²) in [5.41, 5.74) is 0. The standard InChI is InChI=1S/C10H16BrN3O2S/c1-8(2)13-3-4-14-17(15,16)10-5-9(11)6-12-7-10/h5-8,13-14H,3-4H2,1-2H3. The number of nitrogens with zero attached hydrogens (tertiary/aromatic N) is 1. The fourth-order valence-electron chi connectivity index (χ4n) is 1.17. The van der Waals surface area contributed by atoms with Gasteiger partial charge in [-0.1, -0.05) is 13.8 Å². The minimum Gasteiger partial charge on any atom is -0.313 e. The molecule has 0 saturated heterocycles. The van der Waals surface area contributed by atoms with E-state index in [1.54, 1.807) is 6.20 Å². The van der Waals surface area contributed by atoms with E-state index >= 15 is 0 Å². The number of hydrogen-bond donors (Lipinski definition) is 2. The molecule has 0 aliphatic heterocycles. The Morgan fingerprint density at radius 2 is 2.06 bits per heavy atom. The highest BCUT2D eigenvalue weighted by Gasteiger charge is 2.13. The highest BCUT2D eigenvalue weighted by Crippen LogP contribution is 2.13. The van der Waals surface area contributed by atoms with Crippen molar-refractivity contribution in [1.29, 1.82) is 0 Å². The summed E-state index contributed by atoms with van der Waals surface area (Å²) in [5, 5.41) is 3.13. The Kier molecular flexibility index (Phi) is 5.51. The van der Waals surface area contributed by atoms with E-state index < -0.39 is 10.0 Å². The first-order valence-electron chi connectivity index (χ1n) is 5.25. The van der Waals surface area contributed by atoms with Crippen molar-refractivity contribution in [3.05, 3.63) is 22.9 Å². The van der Waals surface area contributed by atoms with Crippen LogP contribution in [-0.2, 0) is 10.0 Å². The smallest absolute Gasteiger partial charge is 0.242 e. The normalized spacial score (nSPS) is 12.0. The fraction of sp³-hybridized carbons (Fsp3) is 0.500. The first-order valence-corrected chi connectivity index (χ1v) is 7.53. The maximum absolute atomic E-state index is 11.8. The molecule has 0 saturated carbocycles. The third-order valence-corrected chi connectivity index (χ3v) is 3.82. The van der Waals surface area contributed by atoms with Crippen LogP contribution in [0.25, 0.3) is 0 Å². The van der Waals surface area contributed by atoms with Gasteiger partial charge in [-0.3, -0.25) is 4.98 Å². The van der Waals surface area contributed by atoms with Crippen molar-refractivity contribution in [1.82, 2.24) is 15.0 Å². The predicted octanol–water partition coefficient (Wildman–Crippen LogP) is 1.12. The van der Waals surface area contributed by atoms with Crippen LogP contribution >= 0.6 is 15.9 Å². The number of pyridine rings is 1. The molecule has 1 heterocycles. The molecule has 0 spiro atoms. The van der Waals surface area contributed by atoms with E-state index in [1.165, 1.54) is 12.3 Å². The minimum atomic E-state index is -3.46. The van der Waals surface area contributed by atoms with Crippen molar-refractivity contribution >= 4 is 26.0 Å². The largest absolute Gasteiger partial charge is 0.313 e. The van der Waals surface area contributed by atoms with Crippen molar-refractivity contribution in [3.8, 4) is 0 Å². The van der Waals surface area contributed by atoms with Crippen molar-refractivity contribution in [2.45, 2.75) is 24.8 Å². The molecular weight excluding hydrogens is 306 g/mol. The second-order valence-corrected chi connectivity index (χ2v) is 6.53.